The molecule has 0 radical (unpaired) electrons. The van der Waals surface area contributed by atoms with Gasteiger partial charge in [-0.05, 0) is 32.0 Å². The molecule has 1 aliphatic heterocycles. The lowest BCUT2D eigenvalue weighted by molar-refractivity contribution is 0.0925. The summed E-state index contributed by atoms with van der Waals surface area (Å²) in [6, 6.07) is 4.77. The summed E-state index contributed by atoms with van der Waals surface area (Å²) in [5, 5.41) is 3.17. The molecule has 18 heavy (non-hydrogen) atoms. The van der Waals surface area contributed by atoms with Gasteiger partial charge in [-0.3, -0.25) is 0 Å². The molecule has 4 nitrogen and oxygen atoms in total. The quantitative estimate of drug-likeness (QED) is 0.882. The fraction of sp³-hybridized carbons (Fsp3) is 0.643. The number of morpholine rings is 1. The molecule has 2 heterocycles. The van der Waals surface area contributed by atoms with Gasteiger partial charge in [-0.2, -0.15) is 0 Å². The molecule has 1 fully saturated rings. The number of anilines is 1. The van der Waals surface area contributed by atoms with Crippen LogP contribution in [0.3, 0.4) is 0 Å². The molecule has 4 heteroatoms. The van der Waals surface area contributed by atoms with Crippen LogP contribution in [-0.2, 0) is 11.3 Å². The number of nitrogens with one attached hydrogen (secondary N) is 1. The molecule has 0 aliphatic carbocycles. The predicted molar refractivity (Wildman–Crippen MR) is 74.0 cm³/mol. The molecule has 0 saturated carbocycles. The zero-order chi connectivity index (χ0) is 13.0. The summed E-state index contributed by atoms with van der Waals surface area (Å²) in [4.78, 5) is 7.12. The lowest BCUT2D eigenvalue weighted by Gasteiger charge is -2.36. The summed E-state index contributed by atoms with van der Waals surface area (Å²) >= 11 is 0. The number of rotatable bonds is 4. The Morgan fingerprint density at radius 1 is 1.50 bits per heavy atom. The third-order valence-corrected chi connectivity index (χ3v) is 3.54. The monoisotopic (exact) mass is 249 g/mol. The molecule has 0 spiro atoms. The molecular formula is C14H23N3O. The van der Waals surface area contributed by atoms with Crippen LogP contribution in [0.25, 0.3) is 0 Å². The first kappa shape index (κ1) is 13.3. The van der Waals surface area contributed by atoms with E-state index in [9.17, 15) is 0 Å². The van der Waals surface area contributed by atoms with Crippen molar-refractivity contribution in [3.63, 3.8) is 0 Å². The number of aryl methyl sites for hydroxylation is 1. The summed E-state index contributed by atoms with van der Waals surface area (Å²) in [6.07, 6.45) is 1.10. The Morgan fingerprint density at radius 2 is 2.33 bits per heavy atom. The number of hydrogen-bond acceptors (Lipinski definition) is 4. The molecule has 100 valence electrons. The second-order valence-corrected chi connectivity index (χ2v) is 4.77. The van der Waals surface area contributed by atoms with E-state index in [1.165, 1.54) is 5.56 Å². The van der Waals surface area contributed by atoms with E-state index >= 15 is 0 Å². The zero-order valence-corrected chi connectivity index (χ0v) is 11.6. The standard InChI is InChI=1S/C14H23N3O/c1-4-13-10-18-8-7-17(13)14-6-5-12(9-15-3)11(2)16-14/h5-6,13,15H,4,7-10H2,1-3H3. The van der Waals surface area contributed by atoms with Crippen molar-refractivity contribution in [3.05, 3.63) is 23.4 Å². The minimum Gasteiger partial charge on any atom is -0.377 e. The van der Waals surface area contributed by atoms with E-state index < -0.39 is 0 Å². The average Bonchev–Trinajstić information content (AvgIpc) is 2.41. The van der Waals surface area contributed by atoms with Gasteiger partial charge in [-0.1, -0.05) is 13.0 Å². The van der Waals surface area contributed by atoms with Gasteiger partial charge in [0.1, 0.15) is 5.82 Å². The fourth-order valence-electron chi connectivity index (χ4n) is 2.41. The number of ether oxygens (including phenoxy) is 1. The highest BCUT2D eigenvalue weighted by atomic mass is 16.5. The van der Waals surface area contributed by atoms with Gasteiger partial charge in [0.2, 0.25) is 0 Å². The molecule has 0 aromatic carbocycles. The van der Waals surface area contributed by atoms with Crippen LogP contribution in [0.5, 0.6) is 0 Å². The van der Waals surface area contributed by atoms with Crippen molar-refractivity contribution in [2.24, 2.45) is 0 Å². The van der Waals surface area contributed by atoms with E-state index in [2.05, 4.69) is 36.2 Å². The molecule has 0 bridgehead atoms. The Morgan fingerprint density at radius 3 is 3.00 bits per heavy atom. The van der Waals surface area contributed by atoms with E-state index in [-0.39, 0.29) is 0 Å². The summed E-state index contributed by atoms with van der Waals surface area (Å²) in [5.41, 5.74) is 2.38. The van der Waals surface area contributed by atoms with Crippen LogP contribution in [0.2, 0.25) is 0 Å². The van der Waals surface area contributed by atoms with Crippen molar-refractivity contribution >= 4 is 5.82 Å². The highest BCUT2D eigenvalue weighted by Crippen LogP contribution is 2.20. The Kier molecular flexibility index (Phi) is 4.55. The Balaban J connectivity index is 2.19. The molecule has 1 aliphatic rings. The second kappa shape index (κ2) is 6.16. The van der Waals surface area contributed by atoms with Crippen LogP contribution >= 0.6 is 0 Å². The van der Waals surface area contributed by atoms with Crippen LogP contribution in [0.1, 0.15) is 24.6 Å². The van der Waals surface area contributed by atoms with E-state index in [1.54, 1.807) is 0 Å². The lowest BCUT2D eigenvalue weighted by Crippen LogP contribution is -2.45. The summed E-state index contributed by atoms with van der Waals surface area (Å²) in [6.45, 7) is 7.72. The van der Waals surface area contributed by atoms with Crippen LogP contribution in [0.15, 0.2) is 12.1 Å². The van der Waals surface area contributed by atoms with Crippen LogP contribution in [0.4, 0.5) is 5.82 Å². The molecule has 1 N–H and O–H groups in total. The van der Waals surface area contributed by atoms with Crippen molar-refractivity contribution in [3.8, 4) is 0 Å². The van der Waals surface area contributed by atoms with Gasteiger partial charge in [0, 0.05) is 18.8 Å². The Bertz CT molecular complexity index is 395. The van der Waals surface area contributed by atoms with E-state index in [0.29, 0.717) is 6.04 Å². The number of hydrogen-bond donors (Lipinski definition) is 1. The molecule has 1 unspecified atom stereocenters. The van der Waals surface area contributed by atoms with Crippen molar-refractivity contribution in [1.29, 1.82) is 0 Å². The number of pyridine rings is 1. The first-order valence-electron chi connectivity index (χ1n) is 6.71. The van der Waals surface area contributed by atoms with E-state index in [1.807, 2.05) is 7.05 Å². The van der Waals surface area contributed by atoms with Gasteiger partial charge in [0.25, 0.3) is 0 Å². The smallest absolute Gasteiger partial charge is 0.129 e. The Labute approximate surface area is 109 Å². The van der Waals surface area contributed by atoms with Gasteiger partial charge in [-0.25, -0.2) is 4.98 Å². The average molecular weight is 249 g/mol. The van der Waals surface area contributed by atoms with Crippen LogP contribution in [0, 0.1) is 6.92 Å². The highest BCUT2D eigenvalue weighted by molar-refractivity contribution is 5.43. The maximum atomic E-state index is 5.54. The maximum Gasteiger partial charge on any atom is 0.129 e. The van der Waals surface area contributed by atoms with E-state index in [4.69, 9.17) is 9.72 Å². The molecule has 1 saturated heterocycles. The third-order valence-electron chi connectivity index (χ3n) is 3.54. The zero-order valence-electron chi connectivity index (χ0n) is 11.6. The van der Waals surface area contributed by atoms with Crippen molar-refractivity contribution < 1.29 is 4.74 Å². The van der Waals surface area contributed by atoms with E-state index in [0.717, 1.165) is 44.2 Å². The largest absolute Gasteiger partial charge is 0.377 e. The first-order chi connectivity index (χ1) is 8.76. The van der Waals surface area contributed by atoms with Gasteiger partial charge in [0.15, 0.2) is 0 Å². The normalized spacial score (nSPS) is 20.2. The van der Waals surface area contributed by atoms with Gasteiger partial charge < -0.3 is 15.0 Å². The van der Waals surface area contributed by atoms with Crippen LogP contribution in [-0.4, -0.2) is 37.8 Å². The molecular weight excluding hydrogens is 226 g/mol. The number of aromatic nitrogens is 1. The topological polar surface area (TPSA) is 37.4 Å². The molecule has 0 amide bonds. The van der Waals surface area contributed by atoms with Crippen molar-refractivity contribution in [2.75, 3.05) is 31.7 Å². The summed E-state index contributed by atoms with van der Waals surface area (Å²) < 4.78 is 5.54. The number of nitrogens with zero attached hydrogens (tertiary/aromatic N) is 2. The Hall–Kier alpha value is -1.13. The van der Waals surface area contributed by atoms with Gasteiger partial charge in [0.05, 0.1) is 19.3 Å². The fourth-order valence-corrected chi connectivity index (χ4v) is 2.41. The van der Waals surface area contributed by atoms with Gasteiger partial charge in [-0.15, -0.1) is 0 Å². The van der Waals surface area contributed by atoms with Crippen molar-refractivity contribution in [2.45, 2.75) is 32.9 Å². The predicted octanol–water partition coefficient (Wildman–Crippen LogP) is 1.72. The first-order valence-corrected chi connectivity index (χ1v) is 6.71. The van der Waals surface area contributed by atoms with Crippen LogP contribution < -0.4 is 10.2 Å². The second-order valence-electron chi connectivity index (χ2n) is 4.77. The van der Waals surface area contributed by atoms with Gasteiger partial charge >= 0.3 is 0 Å². The van der Waals surface area contributed by atoms with Crippen molar-refractivity contribution in [1.82, 2.24) is 10.3 Å². The lowest BCUT2D eigenvalue weighted by atomic mass is 10.1. The summed E-state index contributed by atoms with van der Waals surface area (Å²) in [5.74, 6) is 1.09. The third kappa shape index (κ3) is 2.82. The molecule has 1 aromatic rings. The SMILES string of the molecule is CCC1COCCN1c1ccc(CNC)c(C)n1. The minimum atomic E-state index is 0.459. The molecule has 1 aromatic heterocycles. The summed E-state index contributed by atoms with van der Waals surface area (Å²) in [7, 11) is 1.96. The molecule has 1 atom stereocenters. The minimum absolute atomic E-state index is 0.459. The maximum absolute atomic E-state index is 5.54. The highest BCUT2D eigenvalue weighted by Gasteiger charge is 2.22. The molecule has 2 rings (SSSR count).